The van der Waals surface area contributed by atoms with Gasteiger partial charge in [0.2, 0.25) is 0 Å². The Balaban J connectivity index is 1.73. The van der Waals surface area contributed by atoms with Crippen LogP contribution in [-0.4, -0.2) is 11.5 Å². The zero-order chi connectivity index (χ0) is 22.4. The van der Waals surface area contributed by atoms with E-state index in [1.165, 1.54) is 23.3 Å². The van der Waals surface area contributed by atoms with Gasteiger partial charge in [0.25, 0.3) is 5.69 Å². The Hall–Kier alpha value is -2.81. The first-order chi connectivity index (χ1) is 14.9. The predicted molar refractivity (Wildman–Crippen MR) is 131 cm³/mol. The summed E-state index contributed by atoms with van der Waals surface area (Å²) in [6.45, 7) is 7.64. The number of aryl methyl sites for hydroxylation is 2. The molecule has 0 aliphatic rings. The second-order valence-corrected chi connectivity index (χ2v) is 8.36. The quantitative estimate of drug-likeness (QED) is 0.196. The van der Waals surface area contributed by atoms with Gasteiger partial charge in [0.05, 0.1) is 15.1 Å². The van der Waals surface area contributed by atoms with Crippen molar-refractivity contribution in [1.82, 2.24) is 0 Å². The Morgan fingerprint density at radius 2 is 1.71 bits per heavy atom. The molecule has 0 atom stereocenters. The number of nitrogens with one attached hydrogen (secondary N) is 1. The minimum absolute atomic E-state index is 0.0639. The number of hydrogen-bond donors (Lipinski definition) is 1. The molecule has 0 aromatic heterocycles. The molecule has 0 unspecified atom stereocenters. The van der Waals surface area contributed by atoms with Crippen molar-refractivity contribution in [1.29, 1.82) is 0 Å². The first kappa shape index (κ1) is 22.9. The minimum atomic E-state index is -0.411. The molecule has 6 nitrogen and oxygen atoms in total. The van der Waals surface area contributed by atoms with Gasteiger partial charge in [-0.3, -0.25) is 10.1 Å². The van der Waals surface area contributed by atoms with Crippen molar-refractivity contribution in [2.45, 2.75) is 33.9 Å². The number of rotatable bonds is 9. The van der Waals surface area contributed by atoms with Gasteiger partial charge in [0, 0.05) is 24.4 Å². The fraction of sp³-hybridized carbons (Fsp3) is 0.250. The zero-order valence-electron chi connectivity index (χ0n) is 17.8. The Kier molecular flexibility index (Phi) is 7.73. The van der Waals surface area contributed by atoms with Gasteiger partial charge < -0.3 is 14.8 Å². The van der Waals surface area contributed by atoms with E-state index in [-0.39, 0.29) is 5.69 Å². The molecule has 0 saturated carbocycles. The standard InChI is InChI=1S/C24H25IN2O4/c1-4-30-23-13-19(14-26-20-8-5-16(2)17(3)11-20)12-22(25)24(23)31-15-18-6-9-21(10-7-18)27(28)29/h5-13,26H,4,14-15H2,1-3H3. The average molecular weight is 532 g/mol. The van der Waals surface area contributed by atoms with E-state index >= 15 is 0 Å². The summed E-state index contributed by atoms with van der Waals surface area (Å²) in [5, 5.41) is 14.3. The SMILES string of the molecule is CCOc1cc(CNc2ccc(C)c(C)c2)cc(I)c1OCc1ccc([N+](=O)[O-])cc1. The second kappa shape index (κ2) is 10.5. The molecule has 0 amide bonds. The number of halogens is 1. The third kappa shape index (κ3) is 6.10. The maximum Gasteiger partial charge on any atom is 0.269 e. The van der Waals surface area contributed by atoms with Crippen LogP contribution in [0, 0.1) is 27.5 Å². The summed E-state index contributed by atoms with van der Waals surface area (Å²) >= 11 is 2.25. The molecular formula is C24H25IN2O4. The van der Waals surface area contributed by atoms with E-state index < -0.39 is 4.92 Å². The van der Waals surface area contributed by atoms with E-state index in [0.717, 1.165) is 20.4 Å². The van der Waals surface area contributed by atoms with Crippen LogP contribution < -0.4 is 14.8 Å². The number of anilines is 1. The third-order valence-electron chi connectivity index (χ3n) is 4.90. The van der Waals surface area contributed by atoms with Crippen LogP contribution in [0.1, 0.15) is 29.2 Å². The molecule has 0 spiro atoms. The van der Waals surface area contributed by atoms with Crippen LogP contribution in [0.5, 0.6) is 11.5 Å². The number of nitrogens with zero attached hydrogens (tertiary/aromatic N) is 1. The van der Waals surface area contributed by atoms with Crippen LogP contribution in [0.3, 0.4) is 0 Å². The smallest absolute Gasteiger partial charge is 0.269 e. The predicted octanol–water partition coefficient (Wildman–Crippen LogP) is 6.41. The van der Waals surface area contributed by atoms with E-state index in [4.69, 9.17) is 9.47 Å². The molecule has 162 valence electrons. The molecule has 3 aromatic carbocycles. The Labute approximate surface area is 195 Å². The largest absolute Gasteiger partial charge is 0.490 e. The number of nitro groups is 1. The maximum absolute atomic E-state index is 10.8. The van der Waals surface area contributed by atoms with Gasteiger partial charge in [-0.1, -0.05) is 6.07 Å². The molecule has 0 fully saturated rings. The summed E-state index contributed by atoms with van der Waals surface area (Å²) in [5.41, 5.74) is 5.61. The van der Waals surface area contributed by atoms with Gasteiger partial charge in [0.15, 0.2) is 11.5 Å². The van der Waals surface area contributed by atoms with Crippen LogP contribution in [0.15, 0.2) is 54.6 Å². The summed E-state index contributed by atoms with van der Waals surface area (Å²) in [7, 11) is 0. The summed E-state index contributed by atoms with van der Waals surface area (Å²) in [6.07, 6.45) is 0. The summed E-state index contributed by atoms with van der Waals surface area (Å²) in [5.74, 6) is 1.36. The molecule has 0 bridgehead atoms. The molecule has 3 aromatic rings. The molecular weight excluding hydrogens is 507 g/mol. The van der Waals surface area contributed by atoms with Gasteiger partial charge >= 0.3 is 0 Å². The molecule has 31 heavy (non-hydrogen) atoms. The van der Waals surface area contributed by atoms with Crippen molar-refractivity contribution >= 4 is 34.0 Å². The first-order valence-electron chi connectivity index (χ1n) is 10.00. The number of nitro benzene ring substituents is 1. The van der Waals surface area contributed by atoms with Crippen LogP contribution in [-0.2, 0) is 13.2 Å². The molecule has 0 heterocycles. The monoisotopic (exact) mass is 532 g/mol. The van der Waals surface area contributed by atoms with Crippen LogP contribution in [0.2, 0.25) is 0 Å². The topological polar surface area (TPSA) is 73.6 Å². The lowest BCUT2D eigenvalue weighted by atomic mass is 10.1. The average Bonchev–Trinajstić information content (AvgIpc) is 2.74. The van der Waals surface area contributed by atoms with E-state index in [1.807, 2.05) is 13.0 Å². The number of ether oxygens (including phenoxy) is 2. The number of non-ortho nitro benzene ring substituents is 1. The van der Waals surface area contributed by atoms with Crippen molar-refractivity contribution in [3.05, 3.63) is 90.5 Å². The molecule has 3 rings (SSSR count). The van der Waals surface area contributed by atoms with E-state index in [9.17, 15) is 10.1 Å². The van der Waals surface area contributed by atoms with Crippen molar-refractivity contribution in [2.75, 3.05) is 11.9 Å². The number of benzene rings is 3. The summed E-state index contributed by atoms with van der Waals surface area (Å²) in [6, 6.07) is 16.8. The van der Waals surface area contributed by atoms with Gasteiger partial charge in [-0.05, 0) is 102 Å². The zero-order valence-corrected chi connectivity index (χ0v) is 19.9. The molecule has 0 aliphatic heterocycles. The van der Waals surface area contributed by atoms with Crippen LogP contribution in [0.25, 0.3) is 0 Å². The molecule has 0 radical (unpaired) electrons. The van der Waals surface area contributed by atoms with Crippen LogP contribution in [0.4, 0.5) is 11.4 Å². The molecule has 1 N–H and O–H groups in total. The third-order valence-corrected chi connectivity index (χ3v) is 5.70. The maximum atomic E-state index is 10.8. The van der Waals surface area contributed by atoms with Crippen molar-refractivity contribution in [3.8, 4) is 11.5 Å². The number of hydrogen-bond acceptors (Lipinski definition) is 5. The van der Waals surface area contributed by atoms with Crippen molar-refractivity contribution in [2.24, 2.45) is 0 Å². The fourth-order valence-electron chi connectivity index (χ4n) is 3.05. The Morgan fingerprint density at radius 3 is 2.35 bits per heavy atom. The highest BCUT2D eigenvalue weighted by Gasteiger charge is 2.13. The highest BCUT2D eigenvalue weighted by molar-refractivity contribution is 14.1. The Morgan fingerprint density at radius 1 is 0.968 bits per heavy atom. The van der Waals surface area contributed by atoms with E-state index in [0.29, 0.717) is 31.3 Å². The molecule has 0 saturated heterocycles. The lowest BCUT2D eigenvalue weighted by Gasteiger charge is -2.16. The van der Waals surface area contributed by atoms with Gasteiger partial charge in [0.1, 0.15) is 6.61 Å². The lowest BCUT2D eigenvalue weighted by molar-refractivity contribution is -0.384. The molecule has 7 heteroatoms. The second-order valence-electron chi connectivity index (χ2n) is 7.20. The van der Waals surface area contributed by atoms with Crippen LogP contribution >= 0.6 is 22.6 Å². The van der Waals surface area contributed by atoms with E-state index in [2.05, 4.69) is 66.0 Å². The van der Waals surface area contributed by atoms with E-state index in [1.54, 1.807) is 12.1 Å². The summed E-state index contributed by atoms with van der Waals surface area (Å²) < 4.78 is 12.8. The van der Waals surface area contributed by atoms with Gasteiger partial charge in [-0.25, -0.2) is 0 Å². The minimum Gasteiger partial charge on any atom is -0.490 e. The fourth-order valence-corrected chi connectivity index (χ4v) is 3.87. The normalized spacial score (nSPS) is 10.6. The van der Waals surface area contributed by atoms with Crippen molar-refractivity contribution in [3.63, 3.8) is 0 Å². The lowest BCUT2D eigenvalue weighted by Crippen LogP contribution is -2.05. The Bertz CT molecular complexity index is 1070. The molecule has 0 aliphatic carbocycles. The van der Waals surface area contributed by atoms with Crippen molar-refractivity contribution < 1.29 is 14.4 Å². The van der Waals surface area contributed by atoms with Gasteiger partial charge in [-0.15, -0.1) is 0 Å². The summed E-state index contributed by atoms with van der Waals surface area (Å²) in [4.78, 5) is 10.4. The first-order valence-corrected chi connectivity index (χ1v) is 11.1. The van der Waals surface area contributed by atoms with Gasteiger partial charge in [-0.2, -0.15) is 0 Å². The highest BCUT2D eigenvalue weighted by Crippen LogP contribution is 2.35. The highest BCUT2D eigenvalue weighted by atomic mass is 127.